The Hall–Kier alpha value is -5.09. The van der Waals surface area contributed by atoms with E-state index in [4.69, 9.17) is 14.2 Å². The molecule has 1 fully saturated rings. The molecule has 6 rings (SSSR count). The minimum absolute atomic E-state index is 0.183. The number of aromatic amines is 1. The Kier molecular flexibility index (Phi) is 9.75. The number of anilines is 2. The second-order valence-corrected chi connectivity index (χ2v) is 13.2. The summed E-state index contributed by atoms with van der Waals surface area (Å²) in [5.41, 5.74) is -0.492. The molecule has 1 aromatic heterocycles. The highest BCUT2D eigenvalue weighted by Crippen LogP contribution is 2.54. The van der Waals surface area contributed by atoms with E-state index in [1.165, 1.54) is 30.3 Å². The molecule has 0 aliphatic carbocycles. The second-order valence-electron chi connectivity index (χ2n) is 11.1. The van der Waals surface area contributed by atoms with Crippen LogP contribution in [0.1, 0.15) is 46.1 Å². The second kappa shape index (κ2) is 14.0. The first kappa shape index (κ1) is 34.8. The average molecular weight is 728 g/mol. The molecule has 16 heteroatoms. The number of carbonyl (C=O) groups is 4. The number of rotatable bonds is 10. The predicted molar refractivity (Wildman–Crippen MR) is 178 cm³/mol. The topological polar surface area (TPSA) is 144 Å². The van der Waals surface area contributed by atoms with Crippen molar-refractivity contribution in [2.75, 3.05) is 30.0 Å². The van der Waals surface area contributed by atoms with E-state index in [0.717, 1.165) is 35.2 Å². The molecule has 2 aliphatic rings. The molecule has 0 bridgehead atoms. The number of fused-ring (bicyclic) bond motifs is 2. The number of H-pyrrole nitrogens is 1. The van der Waals surface area contributed by atoms with Gasteiger partial charge in [0.05, 0.1) is 41.0 Å². The molecule has 2 unspecified atom stereocenters. The molecule has 2 N–H and O–H groups in total. The number of aromatic nitrogens is 1. The van der Waals surface area contributed by atoms with E-state index in [1.54, 1.807) is 38.1 Å². The molecule has 260 valence electrons. The largest absolute Gasteiger partial charge is 0.490 e. The van der Waals surface area contributed by atoms with Gasteiger partial charge in [-0.2, -0.15) is 13.2 Å². The van der Waals surface area contributed by atoms with Gasteiger partial charge in [-0.3, -0.25) is 19.2 Å². The molecule has 0 saturated carbocycles. The number of carbonyl (C=O) groups excluding carboxylic acids is 4. The van der Waals surface area contributed by atoms with Crippen LogP contribution in [0.2, 0.25) is 0 Å². The van der Waals surface area contributed by atoms with Gasteiger partial charge in [0.15, 0.2) is 18.1 Å². The van der Waals surface area contributed by atoms with Crippen molar-refractivity contribution in [2.24, 2.45) is 5.92 Å². The van der Waals surface area contributed by atoms with Crippen LogP contribution in [0.4, 0.5) is 24.5 Å². The molecular formula is C34H28F3N3O8S2. The van der Waals surface area contributed by atoms with Gasteiger partial charge >= 0.3 is 17.0 Å². The number of nitrogens with one attached hydrogen (secondary N) is 2. The van der Waals surface area contributed by atoms with Crippen LogP contribution in [0, 0.1) is 5.92 Å². The lowest BCUT2D eigenvalue weighted by Gasteiger charge is -2.30. The van der Waals surface area contributed by atoms with Crippen molar-refractivity contribution in [1.29, 1.82) is 0 Å². The van der Waals surface area contributed by atoms with Crippen molar-refractivity contribution < 1.29 is 46.6 Å². The van der Waals surface area contributed by atoms with Gasteiger partial charge in [-0.25, -0.2) is 9.69 Å². The third-order valence-electron chi connectivity index (χ3n) is 7.94. The molecule has 4 aromatic rings. The first-order valence-corrected chi connectivity index (χ1v) is 17.0. The summed E-state index contributed by atoms with van der Waals surface area (Å²) in [5, 5.41) is 1.90. The summed E-state index contributed by atoms with van der Waals surface area (Å²) in [7, 11) is 0. The summed E-state index contributed by atoms with van der Waals surface area (Å²) in [6, 6.07) is 15.2. The number of nitrogens with zero attached hydrogens (tertiary/aromatic N) is 1. The first-order chi connectivity index (χ1) is 23.9. The average Bonchev–Trinajstić information content (AvgIpc) is 3.57. The molecule has 1 saturated heterocycles. The van der Waals surface area contributed by atoms with Crippen LogP contribution >= 0.6 is 23.1 Å². The van der Waals surface area contributed by atoms with Crippen LogP contribution in [0.15, 0.2) is 76.6 Å². The molecule has 0 radical (unpaired) electrons. The minimum atomic E-state index is -4.82. The Bertz CT molecular complexity index is 2030. The summed E-state index contributed by atoms with van der Waals surface area (Å²) in [6.07, 6.45) is -4.82. The molecule has 3 aromatic carbocycles. The molecule has 0 spiro atoms. The van der Waals surface area contributed by atoms with Crippen LogP contribution in [0.25, 0.3) is 0 Å². The Morgan fingerprint density at radius 1 is 0.920 bits per heavy atom. The molecule has 3 heterocycles. The van der Waals surface area contributed by atoms with Crippen LogP contribution in [-0.2, 0) is 25.3 Å². The van der Waals surface area contributed by atoms with Gasteiger partial charge in [0, 0.05) is 16.5 Å². The molecule has 2 aliphatic heterocycles. The number of hydrogen-bond acceptors (Lipinski definition) is 10. The Balaban J connectivity index is 1.27. The van der Waals surface area contributed by atoms with E-state index in [0.29, 0.717) is 31.6 Å². The van der Waals surface area contributed by atoms with Gasteiger partial charge in [0.25, 0.3) is 5.91 Å². The Morgan fingerprint density at radius 3 is 2.36 bits per heavy atom. The molecule has 11 nitrogen and oxygen atoms in total. The zero-order valence-electron chi connectivity index (χ0n) is 26.4. The van der Waals surface area contributed by atoms with Gasteiger partial charge in [-0.1, -0.05) is 41.3 Å². The number of alkyl halides is 3. The third kappa shape index (κ3) is 6.72. The number of benzene rings is 3. The first-order valence-electron chi connectivity index (χ1n) is 15.3. The molecule has 3 atom stereocenters. The lowest BCUT2D eigenvalue weighted by atomic mass is 9.83. The highest BCUT2D eigenvalue weighted by atomic mass is 32.2. The van der Waals surface area contributed by atoms with Gasteiger partial charge in [-0.05, 0) is 67.9 Å². The number of hydrogen-bond donors (Lipinski definition) is 2. The summed E-state index contributed by atoms with van der Waals surface area (Å²) in [4.78, 5) is 68.2. The van der Waals surface area contributed by atoms with Gasteiger partial charge in [0.1, 0.15) is 5.25 Å². The summed E-state index contributed by atoms with van der Waals surface area (Å²) in [6.45, 7) is 3.41. The molecule has 50 heavy (non-hydrogen) atoms. The normalized spacial score (nSPS) is 18.3. The van der Waals surface area contributed by atoms with E-state index in [9.17, 15) is 37.1 Å². The molecular weight excluding hydrogens is 700 g/mol. The van der Waals surface area contributed by atoms with Crippen LogP contribution in [0.5, 0.6) is 11.5 Å². The standard InChI is InChI=1S/C34H28F3N3O8S2/c1-3-46-23-15-18(11-14-22(23)48-16-24(41)38-19-12-9-17(10-13-19)32(44)47-4-2)25-26-28(49-29-27(25)50-33(45)39-29)31(43)40(30(26)42)21-8-6-5-7-20(21)34(35,36)37/h5-15,25-26,28H,3-4,16H2,1-2H3,(H,38,41)(H,39,45)/t25-,26?,28?/m1/s1. The van der Waals surface area contributed by atoms with Gasteiger partial charge in [0.2, 0.25) is 11.8 Å². The van der Waals surface area contributed by atoms with Crippen molar-refractivity contribution in [3.8, 4) is 11.5 Å². The summed E-state index contributed by atoms with van der Waals surface area (Å²) >= 11 is 1.79. The number of imide groups is 1. The number of para-hydroxylation sites is 1. The zero-order chi connectivity index (χ0) is 35.7. The minimum Gasteiger partial charge on any atom is -0.490 e. The van der Waals surface area contributed by atoms with Crippen LogP contribution < -0.4 is 24.6 Å². The van der Waals surface area contributed by atoms with Gasteiger partial charge < -0.3 is 24.5 Å². The van der Waals surface area contributed by atoms with E-state index >= 15 is 0 Å². The monoisotopic (exact) mass is 727 g/mol. The number of ether oxygens (including phenoxy) is 3. The maximum Gasteiger partial charge on any atom is 0.418 e. The highest BCUT2D eigenvalue weighted by molar-refractivity contribution is 8.00. The number of amides is 3. The number of halogens is 3. The number of thioether (sulfide) groups is 1. The van der Waals surface area contributed by atoms with Crippen molar-refractivity contribution in [3.05, 3.63) is 98.0 Å². The highest BCUT2D eigenvalue weighted by Gasteiger charge is 2.57. The van der Waals surface area contributed by atoms with Gasteiger partial charge in [-0.15, -0.1) is 0 Å². The lowest BCUT2D eigenvalue weighted by molar-refractivity contribution is -0.137. The van der Waals surface area contributed by atoms with Crippen molar-refractivity contribution in [2.45, 2.75) is 36.2 Å². The quantitative estimate of drug-likeness (QED) is 0.152. The maximum absolute atomic E-state index is 14.0. The van der Waals surface area contributed by atoms with Crippen LogP contribution in [0.3, 0.4) is 0 Å². The lowest BCUT2D eigenvalue weighted by Crippen LogP contribution is -2.33. The van der Waals surface area contributed by atoms with E-state index in [-0.39, 0.29) is 24.7 Å². The smallest absolute Gasteiger partial charge is 0.418 e. The van der Waals surface area contributed by atoms with Crippen LogP contribution in [-0.4, -0.2) is 53.7 Å². The zero-order valence-corrected chi connectivity index (χ0v) is 28.0. The molecule has 3 amide bonds. The summed E-state index contributed by atoms with van der Waals surface area (Å²) < 4.78 is 58.4. The van der Waals surface area contributed by atoms with Crippen molar-refractivity contribution in [3.63, 3.8) is 0 Å². The fourth-order valence-corrected chi connectivity index (χ4v) is 8.39. The van der Waals surface area contributed by atoms with Crippen molar-refractivity contribution >= 4 is 58.2 Å². The number of esters is 1. The number of thiazole rings is 1. The predicted octanol–water partition coefficient (Wildman–Crippen LogP) is 5.84. The van der Waals surface area contributed by atoms with E-state index in [1.807, 2.05) is 0 Å². The fraction of sp³-hybridized carbons (Fsp3) is 0.265. The summed E-state index contributed by atoms with van der Waals surface area (Å²) in [5.74, 6) is -4.30. The van der Waals surface area contributed by atoms with Crippen molar-refractivity contribution in [1.82, 2.24) is 4.98 Å². The third-order valence-corrected chi connectivity index (χ3v) is 10.3. The van der Waals surface area contributed by atoms with E-state index in [2.05, 4.69) is 10.3 Å². The fourth-order valence-electron chi connectivity index (χ4n) is 5.87. The van der Waals surface area contributed by atoms with E-state index < -0.39 is 69.7 Å². The SMILES string of the molecule is CCOC(=O)c1ccc(NC(=O)COc2ccc([C@H]3c4sc(=O)[nH]c4SC4C(=O)N(c5ccccc5C(F)(F)F)C(=O)C43)cc2OCC)cc1. The maximum atomic E-state index is 14.0. The Labute approximate surface area is 290 Å². The Morgan fingerprint density at radius 2 is 1.66 bits per heavy atom.